The van der Waals surface area contributed by atoms with Gasteiger partial charge in [-0.3, -0.25) is 24.0 Å². The molecule has 1 amide bonds. The molecular weight excluding hydrogens is 657 g/mol. The number of nitrogens with one attached hydrogen (secondary N) is 2. The maximum Gasteiger partial charge on any atom is 0.260 e. The predicted molar refractivity (Wildman–Crippen MR) is 190 cm³/mol. The van der Waals surface area contributed by atoms with Crippen molar-refractivity contribution in [3.63, 3.8) is 0 Å². The van der Waals surface area contributed by atoms with Crippen LogP contribution in [0.2, 0.25) is 10.0 Å². The zero-order valence-electron chi connectivity index (χ0n) is 26.9. The van der Waals surface area contributed by atoms with Gasteiger partial charge in [0.15, 0.2) is 0 Å². The monoisotopic (exact) mass is 693 g/mol. The van der Waals surface area contributed by atoms with Crippen molar-refractivity contribution in [1.29, 1.82) is 0 Å². The van der Waals surface area contributed by atoms with Crippen molar-refractivity contribution >= 4 is 57.5 Å². The molecule has 4 aromatic rings. The summed E-state index contributed by atoms with van der Waals surface area (Å²) in [7, 11) is 2.94. The van der Waals surface area contributed by atoms with E-state index in [0.717, 1.165) is 5.56 Å². The van der Waals surface area contributed by atoms with E-state index in [4.69, 9.17) is 37.7 Å². The first-order chi connectivity index (χ1) is 23.1. The summed E-state index contributed by atoms with van der Waals surface area (Å²) >= 11 is 13.5. The molecule has 1 aliphatic rings. The number of aromatic nitrogens is 3. The number of ether oxygens (including phenoxy) is 2. The Morgan fingerprint density at radius 3 is 2.40 bits per heavy atom. The maximum absolute atomic E-state index is 14.4. The van der Waals surface area contributed by atoms with Gasteiger partial charge in [0.25, 0.3) is 5.56 Å². The quantitative estimate of drug-likeness (QED) is 0.136. The summed E-state index contributed by atoms with van der Waals surface area (Å²) in [6.07, 6.45) is 3.60. The number of hydrogen-bond acceptors (Lipinski definition) is 10. The summed E-state index contributed by atoms with van der Waals surface area (Å²) < 4.78 is 12.5. The molecule has 0 saturated carbocycles. The largest absolute Gasteiger partial charge is 0.495 e. The number of aryl methyl sites for hydroxylation is 1. The Kier molecular flexibility index (Phi) is 11.0. The average Bonchev–Trinajstić information content (AvgIpc) is 3.09. The summed E-state index contributed by atoms with van der Waals surface area (Å²) in [6, 6.07) is 8.68. The van der Waals surface area contributed by atoms with Crippen LogP contribution in [-0.2, 0) is 11.3 Å². The molecule has 48 heavy (non-hydrogen) atoms. The molecule has 1 unspecified atom stereocenters. The van der Waals surface area contributed by atoms with Crippen molar-refractivity contribution < 1.29 is 19.4 Å². The van der Waals surface area contributed by atoms with Gasteiger partial charge in [0, 0.05) is 62.5 Å². The highest BCUT2D eigenvalue weighted by Crippen LogP contribution is 2.45. The lowest BCUT2D eigenvalue weighted by atomic mass is 10.0. The van der Waals surface area contributed by atoms with E-state index < -0.39 is 6.23 Å². The fourth-order valence-electron chi connectivity index (χ4n) is 5.60. The van der Waals surface area contributed by atoms with E-state index in [1.54, 1.807) is 29.0 Å². The fraction of sp³-hybridized carbons (Fsp3) is 0.294. The lowest BCUT2D eigenvalue weighted by Crippen LogP contribution is -2.50. The first-order valence-corrected chi connectivity index (χ1v) is 15.9. The number of aliphatic hydroxyl groups is 1. The normalized spacial score (nSPS) is 14.4. The molecular formula is C34H37Cl2N7O5. The van der Waals surface area contributed by atoms with Gasteiger partial charge in [0.05, 0.1) is 41.2 Å². The molecule has 1 atom stereocenters. The number of anilines is 3. The second-order valence-electron chi connectivity index (χ2n) is 11.1. The minimum atomic E-state index is -0.703. The van der Waals surface area contributed by atoms with E-state index in [2.05, 4.69) is 33.7 Å². The van der Waals surface area contributed by atoms with Crippen molar-refractivity contribution in [2.45, 2.75) is 19.7 Å². The number of benzene rings is 2. The molecule has 12 nitrogen and oxygen atoms in total. The molecule has 252 valence electrons. The number of halogens is 2. The number of hydrogen-bond donors (Lipinski definition) is 3. The number of methoxy groups -OCH3 is 2. The first-order valence-electron chi connectivity index (χ1n) is 15.2. The molecule has 0 aliphatic carbocycles. The zero-order valence-corrected chi connectivity index (χ0v) is 28.4. The number of carbonyl (C=O) groups is 1. The Bertz CT molecular complexity index is 1900. The SMILES string of the molecule is C=CC(=O)Nc1cccc(C)c1Nc1ncc2cc(-c3c(Cl)c(OC)cc(OC)c3Cl)c(=O)n(CCN3CCN(C(O)C=C)CC3)c2n1. The van der Waals surface area contributed by atoms with Crippen LogP contribution in [-0.4, -0.2) is 88.5 Å². The molecule has 1 saturated heterocycles. The standard InChI is InChI=1S/C34H37Cl2N7O5/c1-6-26(44)38-23-10-8-9-20(3)31(23)39-34-37-19-21-17-22(28-29(35)24(47-4)18-25(48-5)30(28)36)33(46)43(32(21)40-34)16-13-41-11-14-42(15-12-41)27(45)7-2/h6-10,17-19,27,45H,1-2,11-16H2,3-5H3,(H,38,44)(H,37,39,40). The van der Waals surface area contributed by atoms with E-state index >= 15 is 0 Å². The molecule has 0 spiro atoms. The minimum absolute atomic E-state index is 0.163. The van der Waals surface area contributed by atoms with Gasteiger partial charge < -0.3 is 25.2 Å². The molecule has 3 N–H and O–H groups in total. The van der Waals surface area contributed by atoms with Crippen LogP contribution in [0.3, 0.4) is 0 Å². The first kappa shape index (κ1) is 34.9. The van der Waals surface area contributed by atoms with Gasteiger partial charge in [-0.05, 0) is 36.8 Å². The number of rotatable bonds is 12. The summed E-state index contributed by atoms with van der Waals surface area (Å²) in [5, 5.41) is 17.1. The third-order valence-corrected chi connectivity index (χ3v) is 9.00. The number of carbonyl (C=O) groups excluding carboxylic acids is 1. The van der Waals surface area contributed by atoms with Gasteiger partial charge in [-0.2, -0.15) is 4.98 Å². The molecule has 1 aliphatic heterocycles. The van der Waals surface area contributed by atoms with Gasteiger partial charge >= 0.3 is 0 Å². The van der Waals surface area contributed by atoms with Gasteiger partial charge in [-0.25, -0.2) is 4.98 Å². The number of nitrogens with zero attached hydrogens (tertiary/aromatic N) is 5. The number of para-hydroxylation sites is 1. The average molecular weight is 695 g/mol. The van der Waals surface area contributed by atoms with Gasteiger partial charge in [-0.15, -0.1) is 0 Å². The molecule has 3 heterocycles. The molecule has 14 heteroatoms. The van der Waals surface area contributed by atoms with Crippen LogP contribution in [0.15, 0.2) is 66.6 Å². The Balaban J connectivity index is 1.60. The molecule has 5 rings (SSSR count). The number of piperazine rings is 1. The van der Waals surface area contributed by atoms with Crippen LogP contribution >= 0.6 is 23.2 Å². The summed E-state index contributed by atoms with van der Waals surface area (Å²) in [4.78, 5) is 40.0. The molecule has 2 aromatic heterocycles. The Labute approximate surface area is 288 Å². The molecule has 2 aromatic carbocycles. The van der Waals surface area contributed by atoms with E-state index in [0.29, 0.717) is 66.6 Å². The predicted octanol–water partition coefficient (Wildman–Crippen LogP) is 5.08. The highest BCUT2D eigenvalue weighted by Gasteiger charge is 2.25. The van der Waals surface area contributed by atoms with Crippen LogP contribution in [0.25, 0.3) is 22.2 Å². The van der Waals surface area contributed by atoms with Gasteiger partial charge in [-0.1, -0.05) is 48.5 Å². The van der Waals surface area contributed by atoms with E-state index in [1.165, 1.54) is 26.4 Å². The highest BCUT2D eigenvalue weighted by molar-refractivity contribution is 6.41. The lowest BCUT2D eigenvalue weighted by Gasteiger charge is -2.36. The zero-order chi connectivity index (χ0) is 34.5. The van der Waals surface area contributed by atoms with E-state index in [-0.39, 0.29) is 45.1 Å². The van der Waals surface area contributed by atoms with Crippen LogP contribution in [0, 0.1) is 6.92 Å². The van der Waals surface area contributed by atoms with Crippen LogP contribution < -0.4 is 25.7 Å². The molecule has 1 fully saturated rings. The number of aliphatic hydroxyl groups excluding tert-OH is 1. The summed E-state index contributed by atoms with van der Waals surface area (Å²) in [5.74, 6) is 0.451. The van der Waals surface area contributed by atoms with Crippen LogP contribution in [0.1, 0.15) is 5.56 Å². The topological polar surface area (TPSA) is 134 Å². The van der Waals surface area contributed by atoms with Crippen LogP contribution in [0.4, 0.5) is 17.3 Å². The second kappa shape index (κ2) is 15.2. The van der Waals surface area contributed by atoms with Crippen LogP contribution in [0.5, 0.6) is 11.5 Å². The number of fused-ring (bicyclic) bond motifs is 1. The van der Waals surface area contributed by atoms with Crippen molar-refractivity contribution in [3.05, 3.63) is 87.8 Å². The van der Waals surface area contributed by atoms with E-state index in [1.807, 2.05) is 24.0 Å². The summed E-state index contributed by atoms with van der Waals surface area (Å²) in [5.41, 5.74) is 2.46. The maximum atomic E-state index is 14.4. The lowest BCUT2D eigenvalue weighted by molar-refractivity contribution is -0.111. The molecule has 0 bridgehead atoms. The van der Waals surface area contributed by atoms with Crippen molar-refractivity contribution in [3.8, 4) is 22.6 Å². The Morgan fingerprint density at radius 2 is 1.77 bits per heavy atom. The van der Waals surface area contributed by atoms with Gasteiger partial charge in [0.2, 0.25) is 11.9 Å². The molecule has 0 radical (unpaired) electrons. The summed E-state index contributed by atoms with van der Waals surface area (Å²) in [6.45, 7) is 12.6. The third kappa shape index (κ3) is 7.18. The Hall–Kier alpha value is -4.46. The number of amides is 1. The number of pyridine rings is 1. The van der Waals surface area contributed by atoms with Crippen molar-refractivity contribution in [2.24, 2.45) is 0 Å². The third-order valence-electron chi connectivity index (χ3n) is 8.25. The fourth-order valence-corrected chi connectivity index (χ4v) is 6.31. The second-order valence-corrected chi connectivity index (χ2v) is 11.9. The highest BCUT2D eigenvalue weighted by atomic mass is 35.5. The minimum Gasteiger partial charge on any atom is -0.495 e. The smallest absolute Gasteiger partial charge is 0.260 e. The van der Waals surface area contributed by atoms with Crippen molar-refractivity contribution in [2.75, 3.05) is 57.6 Å². The van der Waals surface area contributed by atoms with Crippen molar-refractivity contribution in [1.82, 2.24) is 24.3 Å². The van der Waals surface area contributed by atoms with E-state index in [9.17, 15) is 14.7 Å². The Morgan fingerprint density at radius 1 is 1.08 bits per heavy atom. The van der Waals surface area contributed by atoms with Gasteiger partial charge in [0.1, 0.15) is 23.4 Å².